The summed E-state index contributed by atoms with van der Waals surface area (Å²) in [6, 6.07) is 2.93. The van der Waals surface area contributed by atoms with Crippen molar-refractivity contribution in [2.24, 2.45) is 34.0 Å². The van der Waals surface area contributed by atoms with E-state index in [4.69, 9.17) is 13.9 Å². The normalized spacial score (nSPS) is 38.5. The monoisotopic (exact) mass is 660 g/mol. The number of hydrogen-bond acceptors (Lipinski definition) is 9. The maximum absolute atomic E-state index is 17.7. The first-order chi connectivity index (χ1) is 21.4. The van der Waals surface area contributed by atoms with Gasteiger partial charge in [0.05, 0.1) is 17.8 Å². The standard InChI is InChI=1S/C35H42F2O8S/c1-20-16-22-23-18-25(36)24-17-21(38)11-12-32(24,5)34(23,37)27(39)19-33(22,6)35(20,45-28(40)26-10-9-14-43-26)30(42)46-15-8-7-13-44-29(41)31(2,3)4/h7-12,14,17,20,22-23,25,27,39H,13,15-16,18-19H2,1-6H3/b8-7+/t20-,22+,23+,25+,27+,32+,33+,34+,35+/m1/s1. The molecule has 0 radical (unpaired) electrons. The van der Waals surface area contributed by atoms with Crippen LogP contribution in [0.25, 0.3) is 0 Å². The quantitative estimate of drug-likeness (QED) is 0.271. The lowest BCUT2D eigenvalue weighted by Gasteiger charge is -2.63. The van der Waals surface area contributed by atoms with Gasteiger partial charge >= 0.3 is 11.9 Å². The number of allylic oxidation sites excluding steroid dienone is 4. The highest BCUT2D eigenvalue weighted by molar-refractivity contribution is 8.14. The smallest absolute Gasteiger partial charge is 0.375 e. The van der Waals surface area contributed by atoms with Gasteiger partial charge in [0.15, 0.2) is 17.1 Å². The van der Waals surface area contributed by atoms with Crippen LogP contribution in [-0.4, -0.2) is 63.8 Å². The Labute approximate surface area is 272 Å². The number of carbonyl (C=O) groups is 4. The molecule has 46 heavy (non-hydrogen) atoms. The van der Waals surface area contributed by atoms with Crippen LogP contribution < -0.4 is 0 Å². The number of furan rings is 1. The third-order valence-electron chi connectivity index (χ3n) is 10.8. The minimum absolute atomic E-state index is 0.00885. The van der Waals surface area contributed by atoms with Crippen molar-refractivity contribution in [2.45, 2.75) is 84.4 Å². The van der Waals surface area contributed by atoms with Gasteiger partial charge in [0, 0.05) is 28.4 Å². The molecule has 1 N–H and O–H groups in total. The van der Waals surface area contributed by atoms with E-state index < -0.39 is 74.4 Å². The number of rotatable bonds is 7. The van der Waals surface area contributed by atoms with Crippen LogP contribution in [0.2, 0.25) is 0 Å². The molecule has 0 saturated heterocycles. The van der Waals surface area contributed by atoms with Crippen LogP contribution >= 0.6 is 11.8 Å². The molecule has 1 heterocycles. The van der Waals surface area contributed by atoms with E-state index in [1.165, 1.54) is 37.5 Å². The Morgan fingerprint density at radius 3 is 2.54 bits per heavy atom. The Morgan fingerprint density at radius 2 is 1.89 bits per heavy atom. The molecule has 1 aromatic rings. The number of halogens is 2. The summed E-state index contributed by atoms with van der Waals surface area (Å²) in [5.74, 6) is -3.95. The van der Waals surface area contributed by atoms with E-state index in [9.17, 15) is 24.3 Å². The van der Waals surface area contributed by atoms with Gasteiger partial charge in [0.25, 0.3) is 0 Å². The van der Waals surface area contributed by atoms with Gasteiger partial charge in [-0.15, -0.1) is 0 Å². The molecule has 0 unspecified atom stereocenters. The predicted octanol–water partition coefficient (Wildman–Crippen LogP) is 6.15. The number of esters is 2. The number of thioether (sulfide) groups is 1. The molecule has 4 aliphatic rings. The van der Waals surface area contributed by atoms with Gasteiger partial charge in [0.1, 0.15) is 12.8 Å². The second-order valence-corrected chi connectivity index (χ2v) is 15.5. The van der Waals surface area contributed by atoms with E-state index in [0.29, 0.717) is 0 Å². The lowest BCUT2D eigenvalue weighted by molar-refractivity contribution is -0.221. The minimum atomic E-state index is -2.34. The third-order valence-corrected chi connectivity index (χ3v) is 11.8. The molecule has 0 aliphatic heterocycles. The fourth-order valence-electron chi connectivity index (χ4n) is 8.52. The number of aliphatic hydroxyl groups excluding tert-OH is 1. The summed E-state index contributed by atoms with van der Waals surface area (Å²) in [5.41, 5.74) is -7.67. The third kappa shape index (κ3) is 5.12. The summed E-state index contributed by atoms with van der Waals surface area (Å²) in [6.07, 6.45) is 4.70. The first-order valence-corrected chi connectivity index (χ1v) is 16.6. The van der Waals surface area contributed by atoms with E-state index >= 15 is 8.78 Å². The van der Waals surface area contributed by atoms with Crippen molar-refractivity contribution in [1.29, 1.82) is 0 Å². The van der Waals surface area contributed by atoms with Gasteiger partial charge < -0.3 is 19.0 Å². The lowest BCUT2D eigenvalue weighted by atomic mass is 9.44. The maximum atomic E-state index is 17.7. The van der Waals surface area contributed by atoms with Crippen molar-refractivity contribution in [3.63, 3.8) is 0 Å². The summed E-state index contributed by atoms with van der Waals surface area (Å²) in [4.78, 5) is 52.0. The van der Waals surface area contributed by atoms with E-state index in [0.717, 1.165) is 17.8 Å². The number of carbonyl (C=O) groups excluding carboxylic acids is 4. The highest BCUT2D eigenvalue weighted by atomic mass is 32.2. The Hall–Kier alpha value is -3.05. The Bertz CT molecular complexity index is 1490. The number of ether oxygens (including phenoxy) is 2. The van der Waals surface area contributed by atoms with Gasteiger partial charge in [-0.05, 0) is 82.7 Å². The van der Waals surface area contributed by atoms with Gasteiger partial charge in [-0.1, -0.05) is 43.8 Å². The molecule has 0 amide bonds. The fourth-order valence-corrected chi connectivity index (χ4v) is 9.59. The van der Waals surface area contributed by atoms with Crippen LogP contribution in [0.5, 0.6) is 0 Å². The maximum Gasteiger partial charge on any atom is 0.375 e. The molecule has 3 fully saturated rings. The molecule has 250 valence electrons. The van der Waals surface area contributed by atoms with Crippen molar-refractivity contribution in [3.05, 3.63) is 60.1 Å². The van der Waals surface area contributed by atoms with Crippen LogP contribution in [0.1, 0.15) is 71.4 Å². The van der Waals surface area contributed by atoms with E-state index in [1.54, 1.807) is 46.8 Å². The zero-order valence-corrected chi connectivity index (χ0v) is 27.8. The van der Waals surface area contributed by atoms with Gasteiger partial charge in [-0.2, -0.15) is 0 Å². The van der Waals surface area contributed by atoms with Crippen LogP contribution in [0.4, 0.5) is 8.78 Å². The summed E-state index contributed by atoms with van der Waals surface area (Å²) in [5, 5.41) is 11.3. The summed E-state index contributed by atoms with van der Waals surface area (Å²) in [6.45, 7) is 10.2. The van der Waals surface area contributed by atoms with Crippen molar-refractivity contribution in [3.8, 4) is 0 Å². The SMILES string of the molecule is C[C@@H]1C[C@H]2[C@@H]3C[C@H](F)C4=CC(=O)C=C[C@]4(C)[C@@]3(F)[C@@H](O)C[C@]2(C)[C@@]1(OC(=O)c1ccco1)C(=O)SC/C=C/COC(=O)C(C)(C)C. The molecular formula is C35H42F2O8S. The number of aliphatic hydroxyl groups is 1. The molecule has 0 aromatic carbocycles. The first-order valence-electron chi connectivity index (χ1n) is 15.7. The lowest BCUT2D eigenvalue weighted by Crippen LogP contribution is -2.70. The van der Waals surface area contributed by atoms with Crippen molar-refractivity contribution in [1.82, 2.24) is 0 Å². The summed E-state index contributed by atoms with van der Waals surface area (Å²) in [7, 11) is 0. The van der Waals surface area contributed by atoms with Crippen molar-refractivity contribution in [2.75, 3.05) is 12.4 Å². The second-order valence-electron chi connectivity index (χ2n) is 14.5. The Morgan fingerprint density at radius 1 is 1.17 bits per heavy atom. The zero-order chi connectivity index (χ0) is 33.9. The molecule has 8 nitrogen and oxygen atoms in total. The van der Waals surface area contributed by atoms with Gasteiger partial charge in [-0.3, -0.25) is 14.4 Å². The van der Waals surface area contributed by atoms with E-state index in [1.807, 2.05) is 0 Å². The van der Waals surface area contributed by atoms with Crippen LogP contribution in [0, 0.1) is 34.0 Å². The minimum Gasteiger partial charge on any atom is -0.461 e. The van der Waals surface area contributed by atoms with Crippen molar-refractivity contribution < 1.29 is 47.0 Å². The fraction of sp³-hybridized carbons (Fsp3) is 0.600. The molecule has 9 atom stereocenters. The average Bonchev–Trinajstić information content (AvgIpc) is 3.59. The largest absolute Gasteiger partial charge is 0.461 e. The van der Waals surface area contributed by atoms with Crippen molar-refractivity contribution >= 4 is 34.6 Å². The Balaban J connectivity index is 1.48. The molecule has 1 aromatic heterocycles. The number of fused-ring (bicyclic) bond motifs is 5. The highest BCUT2D eigenvalue weighted by Crippen LogP contribution is 2.72. The molecule has 11 heteroatoms. The average molecular weight is 661 g/mol. The van der Waals surface area contributed by atoms with Crippen LogP contribution in [0.15, 0.2) is 58.8 Å². The van der Waals surface area contributed by atoms with Crippen LogP contribution in [0.3, 0.4) is 0 Å². The van der Waals surface area contributed by atoms with Crippen LogP contribution in [-0.2, 0) is 23.9 Å². The molecule has 5 rings (SSSR count). The number of hydrogen-bond donors (Lipinski definition) is 1. The number of alkyl halides is 2. The van der Waals surface area contributed by atoms with E-state index in [2.05, 4.69) is 0 Å². The zero-order valence-electron chi connectivity index (χ0n) is 27.0. The molecular weight excluding hydrogens is 618 g/mol. The highest BCUT2D eigenvalue weighted by Gasteiger charge is 2.78. The molecule has 0 bridgehead atoms. The Kier molecular flexibility index (Phi) is 8.86. The molecule has 3 saturated carbocycles. The molecule has 4 aliphatic carbocycles. The first kappa shape index (κ1) is 34.3. The summed E-state index contributed by atoms with van der Waals surface area (Å²) >= 11 is 0.901. The van der Waals surface area contributed by atoms with E-state index in [-0.39, 0.29) is 48.9 Å². The van der Waals surface area contributed by atoms with Gasteiger partial charge in [0.2, 0.25) is 10.9 Å². The topological polar surface area (TPSA) is 120 Å². The van der Waals surface area contributed by atoms with Gasteiger partial charge in [-0.25, -0.2) is 13.6 Å². The molecule has 0 spiro atoms. The summed E-state index contributed by atoms with van der Waals surface area (Å²) < 4.78 is 50.3. The second kappa shape index (κ2) is 11.9. The number of ketones is 1. The predicted molar refractivity (Wildman–Crippen MR) is 167 cm³/mol.